The van der Waals surface area contributed by atoms with Crippen molar-refractivity contribution in [2.45, 2.75) is 70.6 Å². The minimum Gasteiger partial charge on any atom is -0.490 e. The van der Waals surface area contributed by atoms with Gasteiger partial charge in [0.25, 0.3) is 0 Å². The van der Waals surface area contributed by atoms with E-state index in [0.29, 0.717) is 24.2 Å². The molecule has 22 heavy (non-hydrogen) atoms. The molecule has 0 atom stereocenters. The lowest BCUT2D eigenvalue weighted by molar-refractivity contribution is 0.183. The topological polar surface area (TPSA) is 9.23 Å². The van der Waals surface area contributed by atoms with Crippen molar-refractivity contribution in [3.8, 4) is 5.75 Å². The highest BCUT2D eigenvalue weighted by Crippen LogP contribution is 2.34. The first-order chi connectivity index (χ1) is 10.7. The van der Waals surface area contributed by atoms with Crippen molar-refractivity contribution in [2.24, 2.45) is 11.8 Å². The quantitative estimate of drug-likeness (QED) is 0.655. The van der Waals surface area contributed by atoms with Gasteiger partial charge in [-0.15, -0.1) is 0 Å². The molecule has 3 rings (SSSR count). The maximum atomic E-state index is 14.3. The summed E-state index contributed by atoms with van der Waals surface area (Å²) >= 11 is 0. The lowest BCUT2D eigenvalue weighted by Gasteiger charge is -2.26. The highest BCUT2D eigenvalue weighted by Gasteiger charge is 2.20. The molecule has 2 heteroatoms. The van der Waals surface area contributed by atoms with Gasteiger partial charge in [-0.05, 0) is 61.1 Å². The Labute approximate surface area is 134 Å². The minimum atomic E-state index is -0.174. The van der Waals surface area contributed by atoms with Crippen LogP contribution in [0.25, 0.3) is 0 Å². The van der Waals surface area contributed by atoms with Crippen LogP contribution in [-0.2, 0) is 0 Å². The Hall–Kier alpha value is -1.05. The van der Waals surface area contributed by atoms with Crippen LogP contribution < -0.4 is 4.74 Å². The second-order valence-electron chi connectivity index (χ2n) is 7.46. The van der Waals surface area contributed by atoms with Crippen molar-refractivity contribution in [3.05, 3.63) is 29.6 Å². The summed E-state index contributed by atoms with van der Waals surface area (Å²) in [5.41, 5.74) is 1.16. The standard InChI is InChI=1S/C20H29FO/c1-15-7-9-16(10-8-15)14-22-20-12-11-18(13-19(20)21)17-5-3-2-4-6-17/h11-13,15-17H,2-10,14H2,1H3. The van der Waals surface area contributed by atoms with Crippen LogP contribution in [0.5, 0.6) is 5.75 Å². The van der Waals surface area contributed by atoms with E-state index in [9.17, 15) is 4.39 Å². The lowest BCUT2D eigenvalue weighted by Crippen LogP contribution is -2.19. The van der Waals surface area contributed by atoms with Crippen LogP contribution >= 0.6 is 0 Å². The van der Waals surface area contributed by atoms with Crippen molar-refractivity contribution >= 4 is 0 Å². The molecule has 0 spiro atoms. The molecule has 2 aliphatic rings. The summed E-state index contributed by atoms with van der Waals surface area (Å²) < 4.78 is 20.1. The summed E-state index contributed by atoms with van der Waals surface area (Å²) in [6.45, 7) is 2.99. The molecular weight excluding hydrogens is 275 g/mol. The predicted octanol–water partition coefficient (Wildman–Crippen LogP) is 6.08. The molecule has 0 N–H and O–H groups in total. The summed E-state index contributed by atoms with van der Waals surface area (Å²) in [5.74, 6) is 2.28. The Morgan fingerprint density at radius 1 is 1.00 bits per heavy atom. The second-order valence-corrected chi connectivity index (χ2v) is 7.46. The van der Waals surface area contributed by atoms with Crippen molar-refractivity contribution in [2.75, 3.05) is 6.61 Å². The van der Waals surface area contributed by atoms with Gasteiger partial charge in [-0.1, -0.05) is 45.1 Å². The van der Waals surface area contributed by atoms with E-state index in [2.05, 4.69) is 13.0 Å². The van der Waals surface area contributed by atoms with E-state index in [1.165, 1.54) is 57.8 Å². The summed E-state index contributed by atoms with van der Waals surface area (Å²) in [5, 5.41) is 0. The Balaban J connectivity index is 1.55. The normalized spacial score (nSPS) is 26.8. The molecule has 0 bridgehead atoms. The number of hydrogen-bond acceptors (Lipinski definition) is 1. The molecule has 0 aromatic heterocycles. The zero-order valence-electron chi connectivity index (χ0n) is 13.8. The monoisotopic (exact) mass is 304 g/mol. The van der Waals surface area contributed by atoms with Crippen LogP contribution in [0.2, 0.25) is 0 Å². The van der Waals surface area contributed by atoms with E-state index in [0.717, 1.165) is 11.5 Å². The zero-order valence-corrected chi connectivity index (χ0v) is 13.8. The van der Waals surface area contributed by atoms with Crippen LogP contribution in [-0.4, -0.2) is 6.61 Å². The molecule has 122 valence electrons. The van der Waals surface area contributed by atoms with Gasteiger partial charge in [0.15, 0.2) is 11.6 Å². The third kappa shape index (κ3) is 4.02. The van der Waals surface area contributed by atoms with E-state index < -0.39 is 0 Å². The Morgan fingerprint density at radius 3 is 2.41 bits per heavy atom. The Morgan fingerprint density at radius 2 is 1.73 bits per heavy atom. The Bertz CT molecular complexity index is 471. The average molecular weight is 304 g/mol. The fourth-order valence-corrected chi connectivity index (χ4v) is 4.03. The summed E-state index contributed by atoms with van der Waals surface area (Å²) in [7, 11) is 0. The van der Waals surface area contributed by atoms with E-state index in [-0.39, 0.29) is 5.82 Å². The molecule has 1 nitrogen and oxygen atoms in total. The van der Waals surface area contributed by atoms with Gasteiger partial charge >= 0.3 is 0 Å². The van der Waals surface area contributed by atoms with Gasteiger partial charge in [0.05, 0.1) is 6.61 Å². The first-order valence-electron chi connectivity index (χ1n) is 9.14. The molecule has 0 radical (unpaired) electrons. The third-order valence-corrected chi connectivity index (χ3v) is 5.64. The first kappa shape index (κ1) is 15.8. The molecule has 1 aromatic rings. The summed E-state index contributed by atoms with van der Waals surface area (Å²) in [4.78, 5) is 0. The predicted molar refractivity (Wildman–Crippen MR) is 88.8 cm³/mol. The molecule has 0 heterocycles. The SMILES string of the molecule is CC1CCC(COc2ccc(C3CCCCC3)cc2F)CC1. The van der Waals surface area contributed by atoms with Gasteiger partial charge in [0.2, 0.25) is 0 Å². The van der Waals surface area contributed by atoms with E-state index >= 15 is 0 Å². The van der Waals surface area contributed by atoms with Crippen molar-refractivity contribution in [3.63, 3.8) is 0 Å². The first-order valence-corrected chi connectivity index (χ1v) is 9.14. The van der Waals surface area contributed by atoms with E-state index in [4.69, 9.17) is 4.74 Å². The maximum Gasteiger partial charge on any atom is 0.165 e. The van der Waals surface area contributed by atoms with Gasteiger partial charge in [-0.2, -0.15) is 0 Å². The third-order valence-electron chi connectivity index (χ3n) is 5.64. The average Bonchev–Trinajstić information content (AvgIpc) is 2.56. The van der Waals surface area contributed by atoms with Crippen LogP contribution in [0.15, 0.2) is 18.2 Å². The molecule has 1 aromatic carbocycles. The smallest absolute Gasteiger partial charge is 0.165 e. The van der Waals surface area contributed by atoms with Gasteiger partial charge in [-0.3, -0.25) is 0 Å². The van der Waals surface area contributed by atoms with Gasteiger partial charge in [0.1, 0.15) is 0 Å². The molecule has 0 amide bonds. The van der Waals surface area contributed by atoms with Gasteiger partial charge in [-0.25, -0.2) is 4.39 Å². The number of rotatable bonds is 4. The van der Waals surface area contributed by atoms with E-state index in [1.54, 1.807) is 6.07 Å². The summed E-state index contributed by atoms with van der Waals surface area (Å²) in [6, 6.07) is 5.65. The highest BCUT2D eigenvalue weighted by molar-refractivity contribution is 5.31. The second kappa shape index (κ2) is 7.48. The van der Waals surface area contributed by atoms with Crippen molar-refractivity contribution in [1.82, 2.24) is 0 Å². The van der Waals surface area contributed by atoms with Gasteiger partial charge in [0, 0.05) is 0 Å². The molecule has 0 saturated heterocycles. The van der Waals surface area contributed by atoms with Gasteiger partial charge < -0.3 is 4.74 Å². The molecule has 0 aliphatic heterocycles. The van der Waals surface area contributed by atoms with Crippen LogP contribution in [0, 0.1) is 17.7 Å². The fourth-order valence-electron chi connectivity index (χ4n) is 4.03. The number of halogens is 1. The largest absolute Gasteiger partial charge is 0.490 e. The fraction of sp³-hybridized carbons (Fsp3) is 0.700. The zero-order chi connectivity index (χ0) is 15.4. The Kier molecular flexibility index (Phi) is 5.38. The number of benzene rings is 1. The summed E-state index contributed by atoms with van der Waals surface area (Å²) in [6.07, 6.45) is 11.3. The van der Waals surface area contributed by atoms with Crippen LogP contribution in [0.3, 0.4) is 0 Å². The number of hydrogen-bond donors (Lipinski definition) is 0. The molecule has 2 aliphatic carbocycles. The van der Waals surface area contributed by atoms with Crippen LogP contribution in [0.1, 0.15) is 76.2 Å². The molecular formula is C20H29FO. The molecule has 2 saturated carbocycles. The maximum absolute atomic E-state index is 14.3. The van der Waals surface area contributed by atoms with Crippen molar-refractivity contribution < 1.29 is 9.13 Å². The highest BCUT2D eigenvalue weighted by atomic mass is 19.1. The minimum absolute atomic E-state index is 0.174. The molecule has 0 unspecified atom stereocenters. The number of ether oxygens (including phenoxy) is 1. The van der Waals surface area contributed by atoms with E-state index in [1.807, 2.05) is 6.07 Å². The lowest BCUT2D eigenvalue weighted by atomic mass is 9.83. The van der Waals surface area contributed by atoms with Crippen LogP contribution in [0.4, 0.5) is 4.39 Å². The van der Waals surface area contributed by atoms with Crippen molar-refractivity contribution in [1.29, 1.82) is 0 Å². The molecule has 2 fully saturated rings.